The van der Waals surface area contributed by atoms with Gasteiger partial charge < -0.3 is 10.5 Å². The summed E-state index contributed by atoms with van der Waals surface area (Å²) in [7, 11) is 0. The van der Waals surface area contributed by atoms with Gasteiger partial charge in [0.2, 0.25) is 0 Å². The van der Waals surface area contributed by atoms with Crippen molar-refractivity contribution in [2.45, 2.75) is 6.92 Å². The first-order chi connectivity index (χ1) is 8.20. The number of aromatic nitrogens is 1. The second-order valence-electron chi connectivity index (χ2n) is 3.58. The lowest BCUT2D eigenvalue weighted by Crippen LogP contribution is -1.94. The number of hydrogen-bond acceptors (Lipinski definition) is 3. The Balaban J connectivity index is 2.45. The molecule has 0 spiro atoms. The van der Waals surface area contributed by atoms with Gasteiger partial charge in [-0.2, -0.15) is 0 Å². The minimum Gasteiger partial charge on any atom is -0.492 e. The number of nitrogen functional groups attached to an aromatic ring is 1. The number of anilines is 1. The van der Waals surface area contributed by atoms with E-state index in [9.17, 15) is 4.39 Å². The first-order valence-electron chi connectivity index (χ1n) is 5.34. The maximum absolute atomic E-state index is 13.6. The Bertz CT molecular complexity index is 529. The van der Waals surface area contributed by atoms with Crippen molar-refractivity contribution in [1.82, 2.24) is 4.98 Å². The Labute approximate surface area is 99.1 Å². The molecule has 0 aliphatic heterocycles. The van der Waals surface area contributed by atoms with Crippen molar-refractivity contribution in [3.05, 3.63) is 42.5 Å². The molecule has 2 N–H and O–H groups in total. The number of pyridine rings is 1. The Kier molecular flexibility index (Phi) is 3.23. The zero-order valence-corrected chi connectivity index (χ0v) is 9.48. The molecule has 0 bridgehead atoms. The van der Waals surface area contributed by atoms with Gasteiger partial charge in [-0.15, -0.1) is 0 Å². The summed E-state index contributed by atoms with van der Waals surface area (Å²) in [5.74, 6) is 0.293. The Hall–Kier alpha value is -2.10. The zero-order chi connectivity index (χ0) is 12.3. The topological polar surface area (TPSA) is 48.1 Å². The summed E-state index contributed by atoms with van der Waals surface area (Å²) in [5.41, 5.74) is 7.24. The predicted octanol–water partition coefficient (Wildman–Crippen LogP) is 2.87. The van der Waals surface area contributed by atoms with Crippen LogP contribution in [0.5, 0.6) is 5.75 Å². The summed E-state index contributed by atoms with van der Waals surface area (Å²) in [6.07, 6.45) is 3.18. The molecule has 0 fully saturated rings. The van der Waals surface area contributed by atoms with Crippen molar-refractivity contribution in [1.29, 1.82) is 0 Å². The molecule has 1 aromatic carbocycles. The Morgan fingerprint density at radius 3 is 2.88 bits per heavy atom. The van der Waals surface area contributed by atoms with Crippen molar-refractivity contribution in [3.8, 4) is 16.9 Å². The van der Waals surface area contributed by atoms with Gasteiger partial charge in [0, 0.05) is 23.0 Å². The van der Waals surface area contributed by atoms with Gasteiger partial charge in [-0.3, -0.25) is 4.98 Å². The number of nitrogens with two attached hydrogens (primary N) is 1. The van der Waals surface area contributed by atoms with E-state index >= 15 is 0 Å². The molecule has 0 radical (unpaired) electrons. The average Bonchev–Trinajstić information content (AvgIpc) is 2.33. The molecule has 1 heterocycles. The van der Waals surface area contributed by atoms with Gasteiger partial charge in [-0.1, -0.05) is 0 Å². The van der Waals surface area contributed by atoms with E-state index in [0.717, 1.165) is 0 Å². The van der Waals surface area contributed by atoms with E-state index in [0.29, 0.717) is 29.2 Å². The first-order valence-corrected chi connectivity index (χ1v) is 5.34. The van der Waals surface area contributed by atoms with Crippen molar-refractivity contribution in [3.63, 3.8) is 0 Å². The van der Waals surface area contributed by atoms with Crippen LogP contribution in [0.25, 0.3) is 11.1 Å². The largest absolute Gasteiger partial charge is 0.492 e. The smallest absolute Gasteiger partial charge is 0.138 e. The lowest BCUT2D eigenvalue weighted by molar-refractivity contribution is 0.339. The molecule has 0 amide bonds. The fourth-order valence-electron chi connectivity index (χ4n) is 1.58. The van der Waals surface area contributed by atoms with Gasteiger partial charge >= 0.3 is 0 Å². The summed E-state index contributed by atoms with van der Waals surface area (Å²) in [6, 6.07) is 6.20. The molecule has 0 unspecified atom stereocenters. The number of halogens is 1. The maximum Gasteiger partial charge on any atom is 0.138 e. The molecule has 2 aromatic rings. The Morgan fingerprint density at radius 2 is 2.12 bits per heavy atom. The highest BCUT2D eigenvalue weighted by molar-refractivity contribution is 5.68. The summed E-state index contributed by atoms with van der Waals surface area (Å²) in [4.78, 5) is 4.02. The molecule has 2 rings (SSSR count). The standard InChI is InChI=1S/C13H13FN2O/c1-2-17-11-5-9(7-16-8-11)12-6-10(15)3-4-13(12)14/h3-8H,2,15H2,1H3. The normalized spacial score (nSPS) is 10.2. The summed E-state index contributed by atoms with van der Waals surface area (Å²) in [6.45, 7) is 2.43. The number of ether oxygens (including phenoxy) is 1. The molecule has 88 valence electrons. The van der Waals surface area contributed by atoms with Crippen LogP contribution in [0.3, 0.4) is 0 Å². The highest BCUT2D eigenvalue weighted by Crippen LogP contribution is 2.26. The number of benzene rings is 1. The van der Waals surface area contributed by atoms with Gasteiger partial charge in [0.25, 0.3) is 0 Å². The summed E-state index contributed by atoms with van der Waals surface area (Å²) < 4.78 is 19.0. The van der Waals surface area contributed by atoms with E-state index in [1.807, 2.05) is 6.92 Å². The molecule has 0 saturated carbocycles. The van der Waals surface area contributed by atoms with Crippen LogP contribution in [-0.2, 0) is 0 Å². The molecule has 0 atom stereocenters. The minimum absolute atomic E-state index is 0.324. The predicted molar refractivity (Wildman–Crippen MR) is 65.2 cm³/mol. The van der Waals surface area contributed by atoms with E-state index in [2.05, 4.69) is 4.98 Å². The SMILES string of the molecule is CCOc1cncc(-c2cc(N)ccc2F)c1. The third-order valence-electron chi connectivity index (χ3n) is 2.33. The van der Waals surface area contributed by atoms with E-state index in [1.165, 1.54) is 12.1 Å². The van der Waals surface area contributed by atoms with Crippen molar-refractivity contribution in [2.24, 2.45) is 0 Å². The molecule has 1 aromatic heterocycles. The van der Waals surface area contributed by atoms with E-state index in [4.69, 9.17) is 10.5 Å². The van der Waals surface area contributed by atoms with Crippen LogP contribution in [0.1, 0.15) is 6.92 Å². The van der Waals surface area contributed by atoms with Crippen LogP contribution in [0.2, 0.25) is 0 Å². The fourth-order valence-corrected chi connectivity index (χ4v) is 1.58. The molecular weight excluding hydrogens is 219 g/mol. The average molecular weight is 232 g/mol. The third-order valence-corrected chi connectivity index (χ3v) is 2.33. The Morgan fingerprint density at radius 1 is 1.29 bits per heavy atom. The lowest BCUT2D eigenvalue weighted by Gasteiger charge is -2.07. The monoisotopic (exact) mass is 232 g/mol. The van der Waals surface area contributed by atoms with Crippen LogP contribution in [-0.4, -0.2) is 11.6 Å². The van der Waals surface area contributed by atoms with Gasteiger partial charge in [-0.25, -0.2) is 4.39 Å². The number of nitrogens with zero attached hydrogens (tertiary/aromatic N) is 1. The molecule has 3 nitrogen and oxygen atoms in total. The summed E-state index contributed by atoms with van der Waals surface area (Å²) >= 11 is 0. The van der Waals surface area contributed by atoms with Crippen molar-refractivity contribution >= 4 is 5.69 Å². The minimum atomic E-state index is -0.324. The highest BCUT2D eigenvalue weighted by Gasteiger charge is 2.07. The van der Waals surface area contributed by atoms with Crippen molar-refractivity contribution < 1.29 is 9.13 Å². The second kappa shape index (κ2) is 4.82. The number of hydrogen-bond donors (Lipinski definition) is 1. The molecule has 0 saturated heterocycles. The number of rotatable bonds is 3. The molecule has 0 aliphatic carbocycles. The van der Waals surface area contributed by atoms with Gasteiger partial charge in [0.1, 0.15) is 11.6 Å². The second-order valence-corrected chi connectivity index (χ2v) is 3.58. The van der Waals surface area contributed by atoms with Gasteiger partial charge in [-0.05, 0) is 31.2 Å². The highest BCUT2D eigenvalue weighted by atomic mass is 19.1. The van der Waals surface area contributed by atoms with E-state index in [-0.39, 0.29) is 5.82 Å². The quantitative estimate of drug-likeness (QED) is 0.828. The van der Waals surface area contributed by atoms with Gasteiger partial charge in [0.05, 0.1) is 12.8 Å². The molecule has 0 aliphatic rings. The lowest BCUT2D eigenvalue weighted by atomic mass is 10.1. The van der Waals surface area contributed by atoms with Crippen LogP contribution < -0.4 is 10.5 Å². The van der Waals surface area contributed by atoms with Crippen molar-refractivity contribution in [2.75, 3.05) is 12.3 Å². The third kappa shape index (κ3) is 2.53. The van der Waals surface area contributed by atoms with Crippen LogP contribution in [0, 0.1) is 5.82 Å². The van der Waals surface area contributed by atoms with Crippen LogP contribution >= 0.6 is 0 Å². The van der Waals surface area contributed by atoms with Crippen LogP contribution in [0.4, 0.5) is 10.1 Å². The van der Waals surface area contributed by atoms with E-state index < -0.39 is 0 Å². The fraction of sp³-hybridized carbons (Fsp3) is 0.154. The summed E-state index contributed by atoms with van der Waals surface area (Å²) in [5, 5.41) is 0. The molecule has 17 heavy (non-hydrogen) atoms. The molecular formula is C13H13FN2O. The zero-order valence-electron chi connectivity index (χ0n) is 9.48. The molecule has 4 heteroatoms. The maximum atomic E-state index is 13.6. The van der Waals surface area contributed by atoms with Gasteiger partial charge in [0.15, 0.2) is 0 Å². The van der Waals surface area contributed by atoms with Crippen LogP contribution in [0.15, 0.2) is 36.7 Å². The van der Waals surface area contributed by atoms with E-state index in [1.54, 1.807) is 24.5 Å². The first kappa shape index (κ1) is 11.4.